The lowest BCUT2D eigenvalue weighted by molar-refractivity contribution is -0.135. The number of aromatic nitrogens is 3. The molecule has 142 valence electrons. The fraction of sp³-hybridized carbons (Fsp3) is 0.524. The Kier molecular flexibility index (Phi) is 4.58. The highest BCUT2D eigenvalue weighted by molar-refractivity contribution is 5.86. The van der Waals surface area contributed by atoms with E-state index in [4.69, 9.17) is 4.98 Å². The molecule has 6 nitrogen and oxygen atoms in total. The van der Waals surface area contributed by atoms with E-state index in [-0.39, 0.29) is 5.41 Å². The van der Waals surface area contributed by atoms with Crippen molar-refractivity contribution in [1.29, 1.82) is 0 Å². The Morgan fingerprint density at radius 2 is 1.93 bits per heavy atom. The van der Waals surface area contributed by atoms with Crippen molar-refractivity contribution in [3.8, 4) is 11.3 Å². The summed E-state index contributed by atoms with van der Waals surface area (Å²) in [5.41, 5.74) is 3.65. The molecule has 2 aromatic heterocycles. The van der Waals surface area contributed by atoms with Gasteiger partial charge in [0.05, 0.1) is 11.1 Å². The maximum atomic E-state index is 12.9. The van der Waals surface area contributed by atoms with Crippen LogP contribution in [-0.4, -0.2) is 51.9 Å². The van der Waals surface area contributed by atoms with Gasteiger partial charge >= 0.3 is 0 Å². The highest BCUT2D eigenvalue weighted by Crippen LogP contribution is 2.41. The molecule has 4 rings (SSSR count). The van der Waals surface area contributed by atoms with E-state index in [9.17, 15) is 4.79 Å². The molecule has 0 aromatic carbocycles. The topological polar surface area (TPSA) is 62.2 Å². The summed E-state index contributed by atoms with van der Waals surface area (Å²) in [5, 5.41) is 0. The van der Waals surface area contributed by atoms with Crippen molar-refractivity contribution in [2.24, 2.45) is 5.41 Å². The van der Waals surface area contributed by atoms with Crippen LogP contribution in [-0.2, 0) is 4.79 Å². The molecule has 0 N–H and O–H groups in total. The summed E-state index contributed by atoms with van der Waals surface area (Å²) >= 11 is 0. The summed E-state index contributed by atoms with van der Waals surface area (Å²) in [6, 6.07) is 6.01. The molecule has 1 spiro atoms. The molecule has 1 unspecified atom stereocenters. The van der Waals surface area contributed by atoms with Crippen molar-refractivity contribution >= 4 is 11.9 Å². The summed E-state index contributed by atoms with van der Waals surface area (Å²) in [7, 11) is 0. The number of anilines is 1. The first-order chi connectivity index (χ1) is 13.0. The number of hydrogen-bond donors (Lipinski definition) is 0. The first-order valence-corrected chi connectivity index (χ1v) is 9.84. The largest absolute Gasteiger partial charge is 0.342 e. The Morgan fingerprint density at radius 3 is 2.70 bits per heavy atom. The Hall–Kier alpha value is -2.50. The zero-order valence-electron chi connectivity index (χ0n) is 16.4. The zero-order chi connectivity index (χ0) is 19.0. The number of hydrogen-bond acceptors (Lipinski definition) is 5. The second-order valence-electron chi connectivity index (χ2n) is 7.82. The third kappa shape index (κ3) is 3.17. The molecule has 1 atom stereocenters. The van der Waals surface area contributed by atoms with E-state index >= 15 is 0 Å². The quantitative estimate of drug-likeness (QED) is 0.833. The fourth-order valence-electron chi connectivity index (χ4n) is 4.41. The molecule has 1 amide bonds. The number of aryl methyl sites for hydroxylation is 2. The number of pyridine rings is 1. The van der Waals surface area contributed by atoms with Gasteiger partial charge in [0.2, 0.25) is 11.9 Å². The first kappa shape index (κ1) is 17.9. The second kappa shape index (κ2) is 6.91. The van der Waals surface area contributed by atoms with Gasteiger partial charge in [-0.15, -0.1) is 0 Å². The maximum absolute atomic E-state index is 12.9. The Morgan fingerprint density at radius 1 is 1.11 bits per heavy atom. The van der Waals surface area contributed by atoms with E-state index in [1.807, 2.05) is 37.1 Å². The van der Waals surface area contributed by atoms with Crippen LogP contribution in [0.4, 0.5) is 5.95 Å². The number of carbonyl (C=O) groups is 1. The number of nitrogens with zero attached hydrogens (tertiary/aromatic N) is 5. The van der Waals surface area contributed by atoms with Gasteiger partial charge in [-0.25, -0.2) is 9.97 Å². The molecule has 0 radical (unpaired) electrons. The van der Waals surface area contributed by atoms with Gasteiger partial charge in [0, 0.05) is 49.3 Å². The average Bonchev–Trinajstić information content (AvgIpc) is 3.22. The highest BCUT2D eigenvalue weighted by atomic mass is 16.2. The molecule has 2 fully saturated rings. The van der Waals surface area contributed by atoms with Gasteiger partial charge in [0.15, 0.2) is 0 Å². The van der Waals surface area contributed by atoms with Crippen LogP contribution >= 0.6 is 0 Å². The average molecular weight is 365 g/mol. The Balaban J connectivity index is 1.56. The van der Waals surface area contributed by atoms with E-state index in [2.05, 4.69) is 27.9 Å². The molecule has 2 aliphatic rings. The minimum absolute atomic E-state index is 0.240. The molecule has 4 heterocycles. The summed E-state index contributed by atoms with van der Waals surface area (Å²) in [6.07, 6.45) is 4.66. The molecular weight excluding hydrogens is 338 g/mol. The predicted molar refractivity (Wildman–Crippen MR) is 105 cm³/mol. The van der Waals surface area contributed by atoms with Crippen LogP contribution in [0.1, 0.15) is 37.6 Å². The van der Waals surface area contributed by atoms with Crippen LogP contribution in [0.5, 0.6) is 0 Å². The van der Waals surface area contributed by atoms with E-state index < -0.39 is 0 Å². The van der Waals surface area contributed by atoms with Gasteiger partial charge in [0.1, 0.15) is 0 Å². The van der Waals surface area contributed by atoms with Gasteiger partial charge in [-0.1, -0.05) is 6.92 Å². The van der Waals surface area contributed by atoms with Crippen molar-refractivity contribution in [1.82, 2.24) is 19.9 Å². The molecule has 6 heteroatoms. The number of carbonyl (C=O) groups excluding carboxylic acids is 1. The van der Waals surface area contributed by atoms with Crippen LogP contribution < -0.4 is 4.90 Å². The third-order valence-corrected chi connectivity index (χ3v) is 5.88. The normalized spacial score (nSPS) is 22.3. The number of amides is 1. The standard InChI is InChI=1S/C21H27N5O/c1-4-11-25-12-8-21(19(25)27)9-13-26(14-21)20-22-10-7-18(24-20)17-6-5-15(2)23-16(17)3/h5-7,10H,4,8-9,11-14H2,1-3H3. The summed E-state index contributed by atoms with van der Waals surface area (Å²) in [4.78, 5) is 31.0. The lowest BCUT2D eigenvalue weighted by atomic mass is 9.85. The minimum atomic E-state index is -0.240. The molecule has 2 saturated heterocycles. The van der Waals surface area contributed by atoms with E-state index in [1.54, 1.807) is 0 Å². The van der Waals surface area contributed by atoms with E-state index in [0.29, 0.717) is 11.9 Å². The zero-order valence-corrected chi connectivity index (χ0v) is 16.4. The third-order valence-electron chi connectivity index (χ3n) is 5.88. The summed E-state index contributed by atoms with van der Waals surface area (Å²) in [5.74, 6) is 1.03. The van der Waals surface area contributed by atoms with Crippen molar-refractivity contribution in [2.75, 3.05) is 31.1 Å². The predicted octanol–water partition coefficient (Wildman–Crippen LogP) is 2.99. The van der Waals surface area contributed by atoms with Crippen LogP contribution in [0.15, 0.2) is 24.4 Å². The molecule has 0 aliphatic carbocycles. The molecule has 0 saturated carbocycles. The monoisotopic (exact) mass is 365 g/mol. The van der Waals surface area contributed by atoms with Gasteiger partial charge in [0.25, 0.3) is 0 Å². The van der Waals surface area contributed by atoms with Crippen LogP contribution in [0.3, 0.4) is 0 Å². The first-order valence-electron chi connectivity index (χ1n) is 9.84. The SMILES string of the molecule is CCCN1CCC2(CCN(c3nccc(-c4ccc(C)nc4C)n3)C2)C1=O. The van der Waals surface area contributed by atoms with Gasteiger partial charge in [-0.2, -0.15) is 0 Å². The Labute approximate surface area is 160 Å². The van der Waals surface area contributed by atoms with E-state index in [0.717, 1.165) is 68.1 Å². The highest BCUT2D eigenvalue weighted by Gasteiger charge is 2.50. The summed E-state index contributed by atoms with van der Waals surface area (Å²) < 4.78 is 0. The van der Waals surface area contributed by atoms with Gasteiger partial charge in [-0.3, -0.25) is 9.78 Å². The van der Waals surface area contributed by atoms with Crippen LogP contribution in [0.25, 0.3) is 11.3 Å². The summed E-state index contributed by atoms with van der Waals surface area (Å²) in [6.45, 7) is 9.43. The lowest BCUT2D eigenvalue weighted by Crippen LogP contribution is -2.37. The van der Waals surface area contributed by atoms with Crippen LogP contribution in [0.2, 0.25) is 0 Å². The molecule has 0 bridgehead atoms. The number of likely N-dealkylation sites (tertiary alicyclic amines) is 1. The van der Waals surface area contributed by atoms with Crippen molar-refractivity contribution in [3.63, 3.8) is 0 Å². The smallest absolute Gasteiger partial charge is 0.230 e. The van der Waals surface area contributed by atoms with Crippen LogP contribution in [0, 0.1) is 19.3 Å². The lowest BCUT2D eigenvalue weighted by Gasteiger charge is -2.23. The molecule has 2 aliphatic heterocycles. The molecule has 27 heavy (non-hydrogen) atoms. The maximum Gasteiger partial charge on any atom is 0.230 e. The van der Waals surface area contributed by atoms with Gasteiger partial charge in [-0.05, 0) is 51.3 Å². The molecule has 2 aromatic rings. The Bertz CT molecular complexity index is 867. The van der Waals surface area contributed by atoms with Crippen molar-refractivity contribution in [2.45, 2.75) is 40.0 Å². The van der Waals surface area contributed by atoms with Crippen molar-refractivity contribution < 1.29 is 4.79 Å². The molecular formula is C21H27N5O. The number of rotatable bonds is 4. The second-order valence-corrected chi connectivity index (χ2v) is 7.82. The van der Waals surface area contributed by atoms with Crippen molar-refractivity contribution in [3.05, 3.63) is 35.8 Å². The van der Waals surface area contributed by atoms with Gasteiger partial charge < -0.3 is 9.80 Å². The fourth-order valence-corrected chi connectivity index (χ4v) is 4.41. The van der Waals surface area contributed by atoms with E-state index in [1.165, 1.54) is 0 Å². The minimum Gasteiger partial charge on any atom is -0.342 e.